The van der Waals surface area contributed by atoms with Crippen LogP contribution in [0.4, 0.5) is 8.78 Å². The van der Waals surface area contributed by atoms with E-state index in [4.69, 9.17) is 9.57 Å². The molecule has 0 spiro atoms. The fraction of sp³-hybridized carbons (Fsp3) is 0.950. The van der Waals surface area contributed by atoms with Gasteiger partial charge in [-0.25, -0.2) is 8.78 Å². The SMILES string of the molecule is COCC1NC(C2CCC3C(CC[C@H]3NC(=O)C3CCNC(C(F)F)C3)C2)NO1. The number of fused-ring (bicyclic) bond motifs is 1. The van der Waals surface area contributed by atoms with Gasteiger partial charge in [-0.1, -0.05) is 0 Å². The maximum Gasteiger partial charge on any atom is 0.253 e. The molecule has 2 heterocycles. The van der Waals surface area contributed by atoms with Gasteiger partial charge < -0.3 is 15.4 Å². The lowest BCUT2D eigenvalue weighted by Gasteiger charge is -2.37. The number of hydrogen-bond donors (Lipinski definition) is 4. The first-order chi connectivity index (χ1) is 14.0. The second kappa shape index (κ2) is 9.51. The average molecular weight is 417 g/mol. The Morgan fingerprint density at radius 3 is 2.79 bits per heavy atom. The highest BCUT2D eigenvalue weighted by molar-refractivity contribution is 5.79. The summed E-state index contributed by atoms with van der Waals surface area (Å²) in [5, 5.41) is 9.50. The van der Waals surface area contributed by atoms with E-state index in [9.17, 15) is 13.6 Å². The molecule has 0 bridgehead atoms. The van der Waals surface area contributed by atoms with E-state index >= 15 is 0 Å². The zero-order valence-corrected chi connectivity index (χ0v) is 17.0. The second-order valence-electron chi connectivity index (χ2n) is 9.13. The molecule has 0 aromatic rings. The molecule has 4 aliphatic rings. The van der Waals surface area contributed by atoms with E-state index in [2.05, 4.69) is 21.4 Å². The Balaban J connectivity index is 1.26. The van der Waals surface area contributed by atoms with Gasteiger partial charge in [0.25, 0.3) is 6.43 Å². The molecule has 0 aromatic carbocycles. The van der Waals surface area contributed by atoms with Crippen molar-refractivity contribution in [3.63, 3.8) is 0 Å². The molecule has 4 rings (SSSR count). The van der Waals surface area contributed by atoms with Crippen molar-refractivity contribution in [2.24, 2.45) is 23.7 Å². The fourth-order valence-corrected chi connectivity index (χ4v) is 5.85. The lowest BCUT2D eigenvalue weighted by molar-refractivity contribution is -0.127. The van der Waals surface area contributed by atoms with Crippen LogP contribution in [0.1, 0.15) is 44.9 Å². The van der Waals surface area contributed by atoms with Crippen LogP contribution < -0.4 is 21.4 Å². The highest BCUT2D eigenvalue weighted by Gasteiger charge is 2.44. The Labute approximate surface area is 171 Å². The van der Waals surface area contributed by atoms with Gasteiger partial charge in [-0.05, 0) is 69.2 Å². The number of carbonyl (C=O) groups is 1. The zero-order chi connectivity index (χ0) is 20.4. The normalized spacial score (nSPS) is 42.8. The van der Waals surface area contributed by atoms with Gasteiger partial charge in [0.05, 0.1) is 18.8 Å². The lowest BCUT2D eigenvalue weighted by Crippen LogP contribution is -2.50. The monoisotopic (exact) mass is 416 g/mol. The number of hydroxylamine groups is 1. The van der Waals surface area contributed by atoms with Crippen molar-refractivity contribution in [2.75, 3.05) is 20.3 Å². The number of alkyl halides is 2. The summed E-state index contributed by atoms with van der Waals surface area (Å²) in [5.74, 6) is 1.28. The molecule has 4 N–H and O–H groups in total. The minimum Gasteiger partial charge on any atom is -0.380 e. The third-order valence-corrected chi connectivity index (χ3v) is 7.38. The number of nitrogens with one attached hydrogen (secondary N) is 4. The molecule has 2 aliphatic heterocycles. The van der Waals surface area contributed by atoms with Gasteiger partial charge in [-0.2, -0.15) is 5.48 Å². The highest BCUT2D eigenvalue weighted by atomic mass is 19.3. The summed E-state index contributed by atoms with van der Waals surface area (Å²) in [6, 6.07) is -0.669. The summed E-state index contributed by atoms with van der Waals surface area (Å²) >= 11 is 0. The largest absolute Gasteiger partial charge is 0.380 e. The number of amides is 1. The van der Waals surface area contributed by atoms with Crippen molar-refractivity contribution in [1.82, 2.24) is 21.4 Å². The van der Waals surface area contributed by atoms with Crippen LogP contribution in [0.15, 0.2) is 0 Å². The first kappa shape index (κ1) is 21.4. The van der Waals surface area contributed by atoms with Gasteiger partial charge in [0.2, 0.25) is 5.91 Å². The molecule has 2 saturated heterocycles. The summed E-state index contributed by atoms with van der Waals surface area (Å²) in [6.45, 7) is 0.999. The molecule has 2 saturated carbocycles. The average Bonchev–Trinajstić information content (AvgIpc) is 3.35. The molecule has 166 valence electrons. The minimum absolute atomic E-state index is 0.0279. The molecule has 29 heavy (non-hydrogen) atoms. The van der Waals surface area contributed by atoms with Crippen LogP contribution in [0.25, 0.3) is 0 Å². The summed E-state index contributed by atoms with van der Waals surface area (Å²) in [7, 11) is 1.66. The topological polar surface area (TPSA) is 83.7 Å². The molecule has 2 aliphatic carbocycles. The van der Waals surface area contributed by atoms with Gasteiger partial charge in [0.1, 0.15) is 0 Å². The third kappa shape index (κ3) is 4.90. The Hall–Kier alpha value is -0.870. The first-order valence-electron chi connectivity index (χ1n) is 11.0. The van der Waals surface area contributed by atoms with Crippen molar-refractivity contribution in [1.29, 1.82) is 0 Å². The number of ether oxygens (including phenoxy) is 1. The van der Waals surface area contributed by atoms with Gasteiger partial charge >= 0.3 is 0 Å². The van der Waals surface area contributed by atoms with E-state index in [0.717, 1.165) is 32.1 Å². The summed E-state index contributed by atoms with van der Waals surface area (Å²) < 4.78 is 31.1. The van der Waals surface area contributed by atoms with Crippen molar-refractivity contribution < 1.29 is 23.1 Å². The van der Waals surface area contributed by atoms with Crippen LogP contribution in [-0.4, -0.2) is 57.1 Å². The van der Waals surface area contributed by atoms with Crippen LogP contribution >= 0.6 is 0 Å². The van der Waals surface area contributed by atoms with Crippen molar-refractivity contribution in [2.45, 2.75) is 75.8 Å². The molecule has 1 amide bonds. The van der Waals surface area contributed by atoms with Crippen LogP contribution in [0.3, 0.4) is 0 Å². The van der Waals surface area contributed by atoms with E-state index in [0.29, 0.717) is 37.3 Å². The van der Waals surface area contributed by atoms with Crippen molar-refractivity contribution in [3.05, 3.63) is 0 Å². The summed E-state index contributed by atoms with van der Waals surface area (Å²) in [4.78, 5) is 18.3. The fourth-order valence-electron chi connectivity index (χ4n) is 5.85. The number of rotatable bonds is 6. The predicted molar refractivity (Wildman–Crippen MR) is 103 cm³/mol. The maximum atomic E-state index is 13.0. The van der Waals surface area contributed by atoms with E-state index in [-0.39, 0.29) is 36.7 Å². The number of halogens is 2. The number of carbonyl (C=O) groups excluding carboxylic acids is 1. The third-order valence-electron chi connectivity index (χ3n) is 7.38. The van der Waals surface area contributed by atoms with E-state index < -0.39 is 12.5 Å². The molecular formula is C20H34F2N4O3. The Bertz CT molecular complexity index is 570. The first-order valence-corrected chi connectivity index (χ1v) is 11.0. The van der Waals surface area contributed by atoms with Gasteiger partial charge in [0, 0.05) is 19.1 Å². The van der Waals surface area contributed by atoms with Crippen molar-refractivity contribution in [3.8, 4) is 0 Å². The van der Waals surface area contributed by atoms with Crippen LogP contribution in [0.5, 0.6) is 0 Å². The molecule has 0 aromatic heterocycles. The number of piperidine rings is 1. The van der Waals surface area contributed by atoms with E-state index in [1.165, 1.54) is 0 Å². The Morgan fingerprint density at radius 2 is 2.00 bits per heavy atom. The summed E-state index contributed by atoms with van der Waals surface area (Å²) in [6.07, 6.45) is 3.88. The molecule has 4 fully saturated rings. The number of methoxy groups -OCH3 is 1. The maximum absolute atomic E-state index is 13.0. The molecular weight excluding hydrogens is 382 g/mol. The summed E-state index contributed by atoms with van der Waals surface area (Å²) in [5.41, 5.74) is 3.11. The Morgan fingerprint density at radius 1 is 1.17 bits per heavy atom. The molecule has 7 nitrogen and oxygen atoms in total. The van der Waals surface area contributed by atoms with E-state index in [1.807, 2.05) is 0 Å². The quantitative estimate of drug-likeness (QED) is 0.523. The van der Waals surface area contributed by atoms with Crippen LogP contribution in [0, 0.1) is 23.7 Å². The lowest BCUT2D eigenvalue weighted by atomic mass is 9.73. The van der Waals surface area contributed by atoms with Gasteiger partial charge in [0.15, 0.2) is 6.23 Å². The minimum atomic E-state index is -2.41. The van der Waals surface area contributed by atoms with Gasteiger partial charge in [-0.3, -0.25) is 14.9 Å². The van der Waals surface area contributed by atoms with Gasteiger partial charge in [-0.15, -0.1) is 0 Å². The second-order valence-corrected chi connectivity index (χ2v) is 9.13. The molecule has 9 heteroatoms. The predicted octanol–water partition coefficient (Wildman–Crippen LogP) is 1.35. The van der Waals surface area contributed by atoms with E-state index in [1.54, 1.807) is 7.11 Å². The van der Waals surface area contributed by atoms with Crippen LogP contribution in [-0.2, 0) is 14.4 Å². The molecule has 8 atom stereocenters. The standard InChI is InChI=1S/C20H34F2N4O3/c1-28-10-17-25-19(26-29-17)12-2-4-14-11(8-12)3-5-15(14)24-20(27)13-6-7-23-16(9-13)18(21)22/h11-19,23,25-26H,2-10H2,1H3,(H,24,27)/t11?,12?,13?,14?,15-,16?,17?,19?/m1/s1. The smallest absolute Gasteiger partial charge is 0.253 e. The van der Waals surface area contributed by atoms with Crippen molar-refractivity contribution >= 4 is 5.91 Å². The zero-order valence-electron chi connectivity index (χ0n) is 17.0. The molecule has 0 radical (unpaired) electrons. The number of hydrogen-bond acceptors (Lipinski definition) is 6. The molecule has 7 unspecified atom stereocenters. The Kier molecular flexibility index (Phi) is 7.01. The van der Waals surface area contributed by atoms with Crippen LogP contribution in [0.2, 0.25) is 0 Å². The highest BCUT2D eigenvalue weighted by Crippen LogP contribution is 2.45.